The molecular weight excluding hydrogens is 152 g/mol. The summed E-state index contributed by atoms with van der Waals surface area (Å²) in [5.41, 5.74) is 0.370. The van der Waals surface area contributed by atoms with Crippen LogP contribution in [0.25, 0.3) is 0 Å². The quantitative estimate of drug-likeness (QED) is 0.594. The molecule has 0 saturated carbocycles. The van der Waals surface area contributed by atoms with Crippen molar-refractivity contribution in [3.63, 3.8) is 0 Å². The first kappa shape index (κ1) is 8.48. The van der Waals surface area contributed by atoms with Crippen LogP contribution in [0.2, 0.25) is 0 Å². The summed E-state index contributed by atoms with van der Waals surface area (Å²) in [5.74, 6) is 0. The van der Waals surface area contributed by atoms with Gasteiger partial charge >= 0.3 is 0 Å². The molecule has 10 heavy (non-hydrogen) atoms. The number of hydrogen-bond donors (Lipinski definition) is 1. The first-order chi connectivity index (χ1) is 4.38. The lowest BCUT2D eigenvalue weighted by Gasteiger charge is -1.73. The zero-order valence-corrected chi connectivity index (χ0v) is 5.64. The molecule has 1 N–H and O–H groups in total. The van der Waals surface area contributed by atoms with Crippen molar-refractivity contribution in [1.29, 1.82) is 10.5 Å². The summed E-state index contributed by atoms with van der Waals surface area (Å²) in [6.07, 6.45) is 1.32. The molecule has 1 heterocycles. The molecule has 0 unspecified atom stereocenters. The number of aromatic nitrogens is 2. The number of nitrogens with one attached hydrogen (secondary N) is 1. The minimum absolute atomic E-state index is 0. The maximum absolute atomic E-state index is 8.27. The van der Waals surface area contributed by atoms with Gasteiger partial charge in [0, 0.05) is 0 Å². The van der Waals surface area contributed by atoms with Crippen LogP contribution in [-0.4, -0.2) is 9.97 Å². The van der Waals surface area contributed by atoms with Gasteiger partial charge in [0.25, 0.3) is 0 Å². The van der Waals surface area contributed by atoms with Crippen LogP contribution >= 0.6 is 12.4 Å². The van der Waals surface area contributed by atoms with E-state index >= 15 is 0 Å². The highest BCUT2D eigenvalue weighted by Crippen LogP contribution is 1.95. The number of H-pyrrole nitrogens is 1. The Kier molecular flexibility index (Phi) is 2.96. The van der Waals surface area contributed by atoms with Gasteiger partial charge in [-0.2, -0.15) is 10.5 Å². The molecule has 0 bridgehead atoms. The molecule has 0 aliphatic heterocycles. The molecule has 0 aromatic carbocycles. The Balaban J connectivity index is 0.000000810. The summed E-state index contributed by atoms with van der Waals surface area (Å²) < 4.78 is 0. The van der Waals surface area contributed by atoms with E-state index in [1.807, 2.05) is 0 Å². The van der Waals surface area contributed by atoms with Gasteiger partial charge in [-0.1, -0.05) is 0 Å². The number of aromatic amines is 1. The lowest BCUT2D eigenvalue weighted by molar-refractivity contribution is 1.29. The van der Waals surface area contributed by atoms with E-state index in [1.54, 1.807) is 12.1 Å². The van der Waals surface area contributed by atoms with E-state index in [-0.39, 0.29) is 23.8 Å². The maximum Gasteiger partial charge on any atom is 0.176 e. The van der Waals surface area contributed by atoms with E-state index in [0.29, 0.717) is 0 Å². The topological polar surface area (TPSA) is 76.3 Å². The Hall–Kier alpha value is -1.52. The van der Waals surface area contributed by atoms with Crippen molar-refractivity contribution in [1.82, 2.24) is 9.97 Å². The molecule has 0 aliphatic rings. The number of hydrogen-bond acceptors (Lipinski definition) is 3. The summed E-state index contributed by atoms with van der Waals surface area (Å²) in [6.45, 7) is 0. The first-order valence-corrected chi connectivity index (χ1v) is 2.22. The molecule has 1 aromatic rings. The molecule has 0 aliphatic carbocycles. The largest absolute Gasteiger partial charge is 0.335 e. The predicted octanol–water partition coefficient (Wildman–Crippen LogP) is 0.575. The smallest absolute Gasteiger partial charge is 0.176 e. The predicted molar refractivity (Wildman–Crippen MR) is 35.3 cm³/mol. The van der Waals surface area contributed by atoms with Crippen molar-refractivity contribution < 1.29 is 0 Å². The minimum Gasteiger partial charge on any atom is -0.335 e. The fraction of sp³-hybridized carbons (Fsp3) is 0. The third-order valence-electron chi connectivity index (χ3n) is 0.857. The van der Waals surface area contributed by atoms with Crippen LogP contribution in [0.5, 0.6) is 0 Å². The van der Waals surface area contributed by atoms with E-state index < -0.39 is 0 Å². The van der Waals surface area contributed by atoms with Gasteiger partial charge in [-0.15, -0.1) is 12.4 Å². The average Bonchev–Trinajstić information content (AvgIpc) is 2.33. The van der Waals surface area contributed by atoms with Gasteiger partial charge in [0.15, 0.2) is 11.4 Å². The fourth-order valence-corrected chi connectivity index (χ4v) is 0.464. The Morgan fingerprint density at radius 3 is 2.50 bits per heavy atom. The standard InChI is InChI=1S/C5H2N4.ClH/c6-1-4-5(2-7)9-3-8-4;/h3H,(H,8,9);1H. The third kappa shape index (κ3) is 1.25. The van der Waals surface area contributed by atoms with E-state index in [9.17, 15) is 0 Å². The highest BCUT2D eigenvalue weighted by atomic mass is 35.5. The van der Waals surface area contributed by atoms with Gasteiger partial charge in [-0.25, -0.2) is 4.98 Å². The second kappa shape index (κ2) is 3.49. The number of rotatable bonds is 0. The summed E-state index contributed by atoms with van der Waals surface area (Å²) in [6, 6.07) is 3.55. The highest BCUT2D eigenvalue weighted by molar-refractivity contribution is 5.85. The Morgan fingerprint density at radius 1 is 1.40 bits per heavy atom. The van der Waals surface area contributed by atoms with Crippen LogP contribution in [-0.2, 0) is 0 Å². The van der Waals surface area contributed by atoms with Crippen molar-refractivity contribution in [2.45, 2.75) is 0 Å². The normalized spacial score (nSPS) is 7.00. The molecule has 0 fully saturated rings. The molecule has 5 heteroatoms. The molecular formula is C5H3ClN4. The summed E-state index contributed by atoms with van der Waals surface area (Å²) >= 11 is 0. The molecule has 0 atom stereocenters. The maximum atomic E-state index is 8.27. The van der Waals surface area contributed by atoms with Crippen molar-refractivity contribution in [3.05, 3.63) is 17.7 Å². The highest BCUT2D eigenvalue weighted by Gasteiger charge is 1.99. The van der Waals surface area contributed by atoms with Crippen molar-refractivity contribution in [3.8, 4) is 12.1 Å². The monoisotopic (exact) mass is 154 g/mol. The first-order valence-electron chi connectivity index (χ1n) is 2.22. The van der Waals surface area contributed by atoms with Crippen molar-refractivity contribution in [2.75, 3.05) is 0 Å². The molecule has 0 saturated heterocycles. The molecule has 1 aromatic heterocycles. The number of nitriles is 2. The van der Waals surface area contributed by atoms with Crippen LogP contribution in [0.15, 0.2) is 6.33 Å². The molecule has 0 radical (unpaired) electrons. The second-order valence-corrected chi connectivity index (χ2v) is 1.35. The zero-order valence-electron chi connectivity index (χ0n) is 4.83. The van der Waals surface area contributed by atoms with Gasteiger partial charge in [-0.05, 0) is 0 Å². The molecule has 50 valence electrons. The number of nitrogens with zero attached hydrogens (tertiary/aromatic N) is 3. The van der Waals surface area contributed by atoms with Gasteiger partial charge in [-0.3, -0.25) is 0 Å². The molecule has 0 amide bonds. The number of halogens is 1. The van der Waals surface area contributed by atoms with E-state index in [0.717, 1.165) is 0 Å². The van der Waals surface area contributed by atoms with Gasteiger partial charge in [0.1, 0.15) is 12.1 Å². The Labute approximate surface area is 63.5 Å². The van der Waals surface area contributed by atoms with E-state index in [2.05, 4.69) is 9.97 Å². The lowest BCUT2D eigenvalue weighted by Crippen LogP contribution is -1.77. The van der Waals surface area contributed by atoms with Crippen molar-refractivity contribution in [2.24, 2.45) is 0 Å². The van der Waals surface area contributed by atoms with Crippen LogP contribution in [0.1, 0.15) is 11.4 Å². The van der Waals surface area contributed by atoms with Crippen LogP contribution in [0.3, 0.4) is 0 Å². The lowest BCUT2D eigenvalue weighted by atomic mass is 10.4. The minimum atomic E-state index is 0. The van der Waals surface area contributed by atoms with Gasteiger partial charge in [0.05, 0.1) is 6.33 Å². The fourth-order valence-electron chi connectivity index (χ4n) is 0.464. The Morgan fingerprint density at radius 2 is 2.10 bits per heavy atom. The second-order valence-electron chi connectivity index (χ2n) is 1.35. The van der Waals surface area contributed by atoms with Gasteiger partial charge in [0.2, 0.25) is 0 Å². The summed E-state index contributed by atoms with van der Waals surface area (Å²) in [7, 11) is 0. The van der Waals surface area contributed by atoms with Crippen LogP contribution in [0.4, 0.5) is 0 Å². The third-order valence-corrected chi connectivity index (χ3v) is 0.857. The molecule has 0 spiro atoms. The van der Waals surface area contributed by atoms with E-state index in [1.165, 1.54) is 6.33 Å². The zero-order chi connectivity index (χ0) is 6.69. The number of imidazole rings is 1. The van der Waals surface area contributed by atoms with Crippen molar-refractivity contribution >= 4 is 12.4 Å². The van der Waals surface area contributed by atoms with Crippen LogP contribution < -0.4 is 0 Å². The Bertz CT molecular complexity index is 261. The summed E-state index contributed by atoms with van der Waals surface area (Å²) in [4.78, 5) is 6.08. The van der Waals surface area contributed by atoms with E-state index in [4.69, 9.17) is 10.5 Å². The van der Waals surface area contributed by atoms with Crippen LogP contribution in [0, 0.1) is 22.7 Å². The molecule has 1 rings (SSSR count). The summed E-state index contributed by atoms with van der Waals surface area (Å²) in [5, 5.41) is 16.5. The molecule has 4 nitrogen and oxygen atoms in total. The SMILES string of the molecule is Cl.N#Cc1nc[nH]c1C#N. The average molecular weight is 155 g/mol. The van der Waals surface area contributed by atoms with Gasteiger partial charge < -0.3 is 4.98 Å².